The molecule has 0 bridgehead atoms. The molecule has 3 rings (SSSR count). The molecule has 1 N–H and O–H groups in total. The molecule has 0 unspecified atom stereocenters. The number of amides is 1. The van der Waals surface area contributed by atoms with Crippen molar-refractivity contribution in [3.63, 3.8) is 0 Å². The third-order valence-electron chi connectivity index (χ3n) is 3.58. The largest absolute Gasteiger partial charge is 0.381 e. The van der Waals surface area contributed by atoms with Gasteiger partial charge in [0, 0.05) is 24.8 Å². The van der Waals surface area contributed by atoms with Crippen molar-refractivity contribution in [2.45, 2.75) is 23.2 Å². The minimum atomic E-state index is 0.180. The van der Waals surface area contributed by atoms with Crippen molar-refractivity contribution in [2.75, 3.05) is 24.2 Å². The maximum absolute atomic E-state index is 12.3. The number of likely N-dealkylation sites (tertiary alicyclic amines) is 1. The number of para-hydroxylation sites is 1. The van der Waals surface area contributed by atoms with Gasteiger partial charge >= 0.3 is 0 Å². The number of rotatable bonds is 5. The maximum atomic E-state index is 12.3. The molecule has 1 aliphatic rings. The number of nitrogens with zero attached hydrogens (tertiary/aromatic N) is 3. The van der Waals surface area contributed by atoms with Gasteiger partial charge < -0.3 is 10.2 Å². The summed E-state index contributed by atoms with van der Waals surface area (Å²) in [4.78, 5) is 14.3. The van der Waals surface area contributed by atoms with Gasteiger partial charge in [0.05, 0.1) is 5.75 Å². The number of anilines is 1. The smallest absolute Gasteiger partial charge is 0.233 e. The van der Waals surface area contributed by atoms with E-state index in [0.717, 1.165) is 36.0 Å². The highest BCUT2D eigenvalue weighted by molar-refractivity contribution is 8.01. The van der Waals surface area contributed by atoms with E-state index in [0.29, 0.717) is 11.8 Å². The Hall–Kier alpha value is -1.60. The van der Waals surface area contributed by atoms with Gasteiger partial charge in [0.15, 0.2) is 4.34 Å². The fourth-order valence-electron chi connectivity index (χ4n) is 2.53. The van der Waals surface area contributed by atoms with Crippen molar-refractivity contribution in [2.24, 2.45) is 0 Å². The van der Waals surface area contributed by atoms with E-state index in [2.05, 4.69) is 27.6 Å². The van der Waals surface area contributed by atoms with E-state index >= 15 is 0 Å². The average Bonchev–Trinajstić information content (AvgIpc) is 3.07. The van der Waals surface area contributed by atoms with Crippen LogP contribution in [0.2, 0.25) is 0 Å². The highest BCUT2D eigenvalue weighted by atomic mass is 32.2. The number of benzene rings is 1. The number of thioether (sulfide) groups is 1. The van der Waals surface area contributed by atoms with Crippen LogP contribution >= 0.6 is 23.1 Å². The second-order valence-electron chi connectivity index (χ2n) is 5.18. The fraction of sp³-hybridized carbons (Fsp3) is 0.400. The molecule has 0 aliphatic carbocycles. The van der Waals surface area contributed by atoms with Crippen LogP contribution in [0, 0.1) is 0 Å². The molecule has 5 nitrogen and oxygen atoms in total. The molecule has 1 fully saturated rings. The molecule has 2 aromatic rings. The summed E-state index contributed by atoms with van der Waals surface area (Å²) in [7, 11) is 0. The molecule has 1 aromatic carbocycles. The van der Waals surface area contributed by atoms with E-state index < -0.39 is 0 Å². The molecule has 22 heavy (non-hydrogen) atoms. The van der Waals surface area contributed by atoms with Crippen LogP contribution in [0.25, 0.3) is 0 Å². The third-order valence-corrected chi connectivity index (χ3v) is 5.42. The van der Waals surface area contributed by atoms with E-state index in [4.69, 9.17) is 0 Å². The van der Waals surface area contributed by atoms with Crippen molar-refractivity contribution in [3.05, 3.63) is 35.8 Å². The topological polar surface area (TPSA) is 58.1 Å². The van der Waals surface area contributed by atoms with Crippen LogP contribution in [0.5, 0.6) is 0 Å². The van der Waals surface area contributed by atoms with Gasteiger partial charge in [0.25, 0.3) is 0 Å². The maximum Gasteiger partial charge on any atom is 0.233 e. The summed E-state index contributed by atoms with van der Waals surface area (Å²) >= 11 is 2.94. The van der Waals surface area contributed by atoms with E-state index in [-0.39, 0.29) is 5.91 Å². The Morgan fingerprint density at radius 3 is 3.05 bits per heavy atom. The molecule has 1 aliphatic heterocycles. The van der Waals surface area contributed by atoms with Gasteiger partial charge in [0.2, 0.25) is 5.91 Å². The van der Waals surface area contributed by atoms with E-state index in [1.807, 2.05) is 23.1 Å². The molecule has 0 spiro atoms. The van der Waals surface area contributed by atoms with Crippen molar-refractivity contribution >= 4 is 34.7 Å². The number of hydrogen-bond acceptors (Lipinski definition) is 6. The molecular formula is C15H18N4OS2. The van der Waals surface area contributed by atoms with Crippen LogP contribution in [0.1, 0.15) is 12.8 Å². The SMILES string of the molecule is O=C(CSc1nncs1)N1CCC[C@@H](Nc2ccccc2)C1. The van der Waals surface area contributed by atoms with Crippen molar-refractivity contribution < 1.29 is 4.79 Å². The first-order valence-electron chi connectivity index (χ1n) is 7.29. The molecule has 2 heterocycles. The monoisotopic (exact) mass is 334 g/mol. The standard InChI is InChI=1S/C15H18N4OS2/c20-14(10-21-15-18-16-11-22-15)19-8-4-7-13(9-19)17-12-5-2-1-3-6-12/h1-3,5-6,11,13,17H,4,7-10H2/t13-/m1/s1. The Balaban J connectivity index is 1.50. The van der Waals surface area contributed by atoms with Gasteiger partial charge in [-0.25, -0.2) is 0 Å². The Kier molecular flexibility index (Phi) is 5.29. The Labute approximate surface area is 138 Å². The normalized spacial score (nSPS) is 18.2. The molecule has 1 aromatic heterocycles. The minimum Gasteiger partial charge on any atom is -0.381 e. The van der Waals surface area contributed by atoms with E-state index in [9.17, 15) is 4.79 Å². The summed E-state index contributed by atoms with van der Waals surface area (Å²) in [5.41, 5.74) is 2.80. The zero-order valence-corrected chi connectivity index (χ0v) is 13.8. The van der Waals surface area contributed by atoms with Crippen molar-refractivity contribution in [3.8, 4) is 0 Å². The van der Waals surface area contributed by atoms with Crippen LogP contribution < -0.4 is 5.32 Å². The lowest BCUT2D eigenvalue weighted by Crippen LogP contribution is -2.45. The Bertz CT molecular complexity index is 591. The third kappa shape index (κ3) is 4.20. The number of nitrogens with one attached hydrogen (secondary N) is 1. The zero-order chi connectivity index (χ0) is 15.2. The summed E-state index contributed by atoms with van der Waals surface area (Å²) in [5.74, 6) is 0.618. The molecule has 116 valence electrons. The van der Waals surface area contributed by atoms with Gasteiger partial charge in [-0.3, -0.25) is 4.79 Å². The predicted molar refractivity (Wildman–Crippen MR) is 90.3 cm³/mol. The average molecular weight is 334 g/mol. The second kappa shape index (κ2) is 7.60. The van der Waals surface area contributed by atoms with Gasteiger partial charge in [-0.15, -0.1) is 10.2 Å². The second-order valence-corrected chi connectivity index (χ2v) is 7.24. The summed E-state index contributed by atoms with van der Waals surface area (Å²) in [6, 6.07) is 10.5. The van der Waals surface area contributed by atoms with Crippen molar-refractivity contribution in [1.29, 1.82) is 0 Å². The van der Waals surface area contributed by atoms with Crippen LogP contribution in [-0.4, -0.2) is 45.9 Å². The van der Waals surface area contributed by atoms with E-state index in [1.54, 1.807) is 5.51 Å². The lowest BCUT2D eigenvalue weighted by Gasteiger charge is -2.33. The number of carbonyl (C=O) groups is 1. The lowest BCUT2D eigenvalue weighted by atomic mass is 10.1. The minimum absolute atomic E-state index is 0.180. The van der Waals surface area contributed by atoms with Gasteiger partial charge in [-0.2, -0.15) is 0 Å². The van der Waals surface area contributed by atoms with Gasteiger partial charge in [-0.05, 0) is 25.0 Å². The van der Waals surface area contributed by atoms with Gasteiger partial charge in [-0.1, -0.05) is 41.3 Å². The van der Waals surface area contributed by atoms with Crippen molar-refractivity contribution in [1.82, 2.24) is 15.1 Å². The molecular weight excluding hydrogens is 316 g/mol. The quantitative estimate of drug-likeness (QED) is 0.852. The zero-order valence-electron chi connectivity index (χ0n) is 12.1. The predicted octanol–water partition coefficient (Wildman–Crippen LogP) is 2.73. The number of aromatic nitrogens is 2. The molecule has 0 saturated carbocycles. The Morgan fingerprint density at radius 1 is 1.41 bits per heavy atom. The van der Waals surface area contributed by atoms with Crippen LogP contribution in [-0.2, 0) is 4.79 Å². The number of piperidine rings is 1. The Morgan fingerprint density at radius 2 is 2.27 bits per heavy atom. The molecule has 0 radical (unpaired) electrons. The highest BCUT2D eigenvalue weighted by Gasteiger charge is 2.23. The first kappa shape index (κ1) is 15.3. The summed E-state index contributed by atoms with van der Waals surface area (Å²) < 4.78 is 0.851. The number of carbonyl (C=O) groups excluding carboxylic acids is 1. The van der Waals surface area contributed by atoms with Crippen LogP contribution in [0.4, 0.5) is 5.69 Å². The molecule has 1 amide bonds. The van der Waals surface area contributed by atoms with E-state index in [1.165, 1.54) is 23.1 Å². The molecule has 1 saturated heterocycles. The summed E-state index contributed by atoms with van der Waals surface area (Å²) in [5, 5.41) is 11.3. The number of hydrogen-bond donors (Lipinski definition) is 1. The molecule has 1 atom stereocenters. The highest BCUT2D eigenvalue weighted by Crippen LogP contribution is 2.21. The first-order valence-corrected chi connectivity index (χ1v) is 9.16. The molecule has 7 heteroatoms. The van der Waals surface area contributed by atoms with Crippen LogP contribution in [0.3, 0.4) is 0 Å². The fourth-order valence-corrected chi connectivity index (χ4v) is 3.92. The van der Waals surface area contributed by atoms with Crippen LogP contribution in [0.15, 0.2) is 40.2 Å². The first-order chi connectivity index (χ1) is 10.8. The lowest BCUT2D eigenvalue weighted by molar-refractivity contribution is -0.129. The summed E-state index contributed by atoms with van der Waals surface area (Å²) in [6.07, 6.45) is 2.14. The summed E-state index contributed by atoms with van der Waals surface area (Å²) in [6.45, 7) is 1.62. The van der Waals surface area contributed by atoms with Gasteiger partial charge in [0.1, 0.15) is 5.51 Å².